The molecule has 0 saturated carbocycles. The first-order valence-corrected chi connectivity index (χ1v) is 6.96. The lowest BCUT2D eigenvalue weighted by atomic mass is 9.99. The van der Waals surface area contributed by atoms with Gasteiger partial charge in [0.25, 0.3) is 0 Å². The van der Waals surface area contributed by atoms with E-state index in [4.69, 9.17) is 11.5 Å². The van der Waals surface area contributed by atoms with Crippen molar-refractivity contribution in [3.05, 3.63) is 53.6 Å². The number of aryl methyl sites for hydroxylation is 2. The minimum Gasteiger partial charge on any atom is -0.370 e. The van der Waals surface area contributed by atoms with E-state index in [0.29, 0.717) is 0 Å². The van der Waals surface area contributed by atoms with Gasteiger partial charge in [0.1, 0.15) is 0 Å². The molecular formula is C17H21N3. The summed E-state index contributed by atoms with van der Waals surface area (Å²) in [6, 6.07) is 14.8. The van der Waals surface area contributed by atoms with E-state index in [1.165, 1.54) is 11.1 Å². The zero-order valence-electron chi connectivity index (χ0n) is 12.1. The van der Waals surface area contributed by atoms with E-state index in [1.54, 1.807) is 0 Å². The lowest BCUT2D eigenvalue weighted by Crippen LogP contribution is -2.22. The molecule has 2 aromatic carbocycles. The monoisotopic (exact) mass is 267 g/mol. The van der Waals surface area contributed by atoms with Crippen LogP contribution in [-0.4, -0.2) is 5.96 Å². The molecule has 0 amide bonds. The SMILES string of the molecule is CCc1ccc(-c2ccc(CC)cc2N=C(N)N)cc1. The van der Waals surface area contributed by atoms with Gasteiger partial charge >= 0.3 is 0 Å². The Balaban J connectivity index is 2.51. The molecule has 20 heavy (non-hydrogen) atoms. The molecule has 0 heterocycles. The Morgan fingerprint density at radius 3 is 2.05 bits per heavy atom. The first-order chi connectivity index (χ1) is 9.63. The van der Waals surface area contributed by atoms with Gasteiger partial charge in [0.2, 0.25) is 0 Å². The molecule has 0 aliphatic rings. The van der Waals surface area contributed by atoms with Crippen LogP contribution < -0.4 is 11.5 Å². The van der Waals surface area contributed by atoms with Gasteiger partial charge < -0.3 is 11.5 Å². The third-order valence-corrected chi connectivity index (χ3v) is 3.39. The van der Waals surface area contributed by atoms with Crippen molar-refractivity contribution >= 4 is 11.6 Å². The number of guanidine groups is 1. The summed E-state index contributed by atoms with van der Waals surface area (Å²) in [4.78, 5) is 4.26. The number of benzene rings is 2. The van der Waals surface area contributed by atoms with E-state index in [0.717, 1.165) is 29.7 Å². The maximum Gasteiger partial charge on any atom is 0.191 e. The summed E-state index contributed by atoms with van der Waals surface area (Å²) in [6.45, 7) is 4.26. The predicted octanol–water partition coefficient (Wildman–Crippen LogP) is 3.38. The lowest BCUT2D eigenvalue weighted by Gasteiger charge is -2.09. The topological polar surface area (TPSA) is 64.4 Å². The highest BCUT2D eigenvalue weighted by Gasteiger charge is 2.06. The Labute approximate surface area is 120 Å². The highest BCUT2D eigenvalue weighted by Crippen LogP contribution is 2.31. The van der Waals surface area contributed by atoms with Crippen LogP contribution in [0.3, 0.4) is 0 Å². The molecule has 104 valence electrons. The predicted molar refractivity (Wildman–Crippen MR) is 86.1 cm³/mol. The van der Waals surface area contributed by atoms with Crippen molar-refractivity contribution < 1.29 is 0 Å². The van der Waals surface area contributed by atoms with Crippen LogP contribution in [0.1, 0.15) is 25.0 Å². The zero-order chi connectivity index (χ0) is 14.5. The van der Waals surface area contributed by atoms with Crippen LogP contribution in [0, 0.1) is 0 Å². The molecule has 4 N–H and O–H groups in total. The molecular weight excluding hydrogens is 246 g/mol. The maximum atomic E-state index is 5.54. The van der Waals surface area contributed by atoms with Gasteiger partial charge in [-0.2, -0.15) is 0 Å². The fraction of sp³-hybridized carbons (Fsp3) is 0.235. The summed E-state index contributed by atoms with van der Waals surface area (Å²) >= 11 is 0. The summed E-state index contributed by atoms with van der Waals surface area (Å²) in [5.74, 6) is 0.0877. The first-order valence-electron chi connectivity index (χ1n) is 6.96. The number of nitrogens with two attached hydrogens (primary N) is 2. The Hall–Kier alpha value is -2.29. The molecule has 0 aromatic heterocycles. The van der Waals surface area contributed by atoms with Crippen molar-refractivity contribution in [2.45, 2.75) is 26.7 Å². The van der Waals surface area contributed by atoms with Crippen molar-refractivity contribution in [1.82, 2.24) is 0 Å². The third kappa shape index (κ3) is 3.18. The minimum absolute atomic E-state index is 0.0877. The smallest absolute Gasteiger partial charge is 0.191 e. The van der Waals surface area contributed by atoms with Crippen molar-refractivity contribution in [2.24, 2.45) is 16.5 Å². The molecule has 0 fully saturated rings. The Kier molecular flexibility index (Phi) is 4.41. The Morgan fingerprint density at radius 2 is 1.50 bits per heavy atom. The minimum atomic E-state index is 0.0877. The van der Waals surface area contributed by atoms with Gasteiger partial charge in [0.15, 0.2) is 5.96 Å². The molecule has 0 radical (unpaired) electrons. The second-order valence-electron chi connectivity index (χ2n) is 4.79. The molecule has 0 spiro atoms. The summed E-state index contributed by atoms with van der Waals surface area (Å²) < 4.78 is 0. The number of aliphatic imine (C=N–C) groups is 1. The lowest BCUT2D eigenvalue weighted by molar-refractivity contribution is 1.14. The molecule has 0 aliphatic heterocycles. The molecule has 2 rings (SSSR count). The molecule has 3 nitrogen and oxygen atoms in total. The number of nitrogens with zero attached hydrogens (tertiary/aromatic N) is 1. The van der Waals surface area contributed by atoms with Crippen LogP contribution >= 0.6 is 0 Å². The van der Waals surface area contributed by atoms with Crippen LogP contribution in [0.25, 0.3) is 11.1 Å². The summed E-state index contributed by atoms with van der Waals surface area (Å²) in [5, 5.41) is 0. The van der Waals surface area contributed by atoms with Crippen LogP contribution in [0.15, 0.2) is 47.5 Å². The second-order valence-corrected chi connectivity index (χ2v) is 4.79. The average Bonchev–Trinajstić information content (AvgIpc) is 2.46. The summed E-state index contributed by atoms with van der Waals surface area (Å²) in [6.07, 6.45) is 2.00. The highest BCUT2D eigenvalue weighted by molar-refractivity contribution is 5.84. The first kappa shape index (κ1) is 14.1. The van der Waals surface area contributed by atoms with E-state index >= 15 is 0 Å². The van der Waals surface area contributed by atoms with E-state index in [1.807, 2.05) is 6.07 Å². The number of hydrogen-bond donors (Lipinski definition) is 2. The van der Waals surface area contributed by atoms with Crippen molar-refractivity contribution in [1.29, 1.82) is 0 Å². The van der Waals surface area contributed by atoms with Crippen LogP contribution in [-0.2, 0) is 12.8 Å². The molecule has 3 heteroatoms. The average molecular weight is 267 g/mol. The Morgan fingerprint density at radius 1 is 0.900 bits per heavy atom. The van der Waals surface area contributed by atoms with Crippen molar-refractivity contribution in [2.75, 3.05) is 0 Å². The molecule has 0 atom stereocenters. The van der Waals surface area contributed by atoms with Crippen molar-refractivity contribution in [3.8, 4) is 11.1 Å². The van der Waals surface area contributed by atoms with Gasteiger partial charge in [-0.15, -0.1) is 0 Å². The van der Waals surface area contributed by atoms with Crippen LogP contribution in [0.2, 0.25) is 0 Å². The van der Waals surface area contributed by atoms with E-state index in [-0.39, 0.29) is 5.96 Å². The van der Waals surface area contributed by atoms with E-state index in [2.05, 4.69) is 55.2 Å². The second kappa shape index (κ2) is 6.24. The molecule has 0 saturated heterocycles. The third-order valence-electron chi connectivity index (χ3n) is 3.39. The van der Waals surface area contributed by atoms with Crippen molar-refractivity contribution in [3.63, 3.8) is 0 Å². The van der Waals surface area contributed by atoms with E-state index < -0.39 is 0 Å². The fourth-order valence-corrected chi connectivity index (χ4v) is 2.19. The summed E-state index contributed by atoms with van der Waals surface area (Å²) in [5.41, 5.74) is 16.6. The Bertz CT molecular complexity index is 609. The summed E-state index contributed by atoms with van der Waals surface area (Å²) in [7, 11) is 0. The zero-order valence-corrected chi connectivity index (χ0v) is 12.1. The fourth-order valence-electron chi connectivity index (χ4n) is 2.19. The largest absolute Gasteiger partial charge is 0.370 e. The maximum absolute atomic E-state index is 5.54. The van der Waals surface area contributed by atoms with Gasteiger partial charge in [0, 0.05) is 5.56 Å². The van der Waals surface area contributed by atoms with Gasteiger partial charge in [0.05, 0.1) is 5.69 Å². The molecule has 0 bridgehead atoms. The molecule has 0 aliphatic carbocycles. The number of hydrogen-bond acceptors (Lipinski definition) is 1. The molecule has 2 aromatic rings. The normalized spacial score (nSPS) is 10.3. The standard InChI is InChI=1S/C17H21N3/c1-3-12-5-8-14(9-6-12)15-10-7-13(4-2)11-16(15)20-17(18)19/h5-11H,3-4H2,1-2H3,(H4,18,19,20). The van der Waals surface area contributed by atoms with Gasteiger partial charge in [-0.05, 0) is 35.6 Å². The van der Waals surface area contributed by atoms with E-state index in [9.17, 15) is 0 Å². The molecule has 0 unspecified atom stereocenters. The quantitative estimate of drug-likeness (QED) is 0.659. The van der Waals surface area contributed by atoms with Crippen LogP contribution in [0.5, 0.6) is 0 Å². The number of rotatable bonds is 4. The van der Waals surface area contributed by atoms with Gasteiger partial charge in [-0.25, -0.2) is 4.99 Å². The highest BCUT2D eigenvalue weighted by atomic mass is 15.0. The van der Waals surface area contributed by atoms with Crippen LogP contribution in [0.4, 0.5) is 5.69 Å². The van der Waals surface area contributed by atoms with Gasteiger partial charge in [-0.1, -0.05) is 50.2 Å². The van der Waals surface area contributed by atoms with Gasteiger partial charge in [-0.3, -0.25) is 0 Å².